The Labute approximate surface area is 113 Å². The number of rotatable bonds is 0. The Balaban J connectivity index is 2.34. The van der Waals surface area contributed by atoms with Crippen LogP contribution in [-0.2, 0) is 14.3 Å². The van der Waals surface area contributed by atoms with Crippen LogP contribution < -0.4 is 0 Å². The van der Waals surface area contributed by atoms with Crippen LogP contribution in [0.1, 0.15) is 33.6 Å². The van der Waals surface area contributed by atoms with E-state index in [0.29, 0.717) is 18.4 Å². The Morgan fingerprint density at radius 2 is 2.05 bits per heavy atom. The molecule has 2 rings (SSSR count). The molecule has 0 aromatic carbocycles. The number of hydrogen-bond donors (Lipinski definition) is 1. The van der Waals surface area contributed by atoms with Gasteiger partial charge in [-0.1, -0.05) is 26.8 Å². The van der Waals surface area contributed by atoms with Crippen molar-refractivity contribution in [2.24, 2.45) is 11.3 Å². The van der Waals surface area contributed by atoms with Crippen molar-refractivity contribution in [3.8, 4) is 0 Å². The summed E-state index contributed by atoms with van der Waals surface area (Å²) in [4.78, 5) is 23.7. The lowest BCUT2D eigenvalue weighted by Gasteiger charge is -2.26. The van der Waals surface area contributed by atoms with E-state index in [2.05, 4.69) is 0 Å². The second-order valence-corrected chi connectivity index (χ2v) is 5.97. The van der Waals surface area contributed by atoms with E-state index in [1.807, 2.05) is 19.9 Å². The second kappa shape index (κ2) is 4.93. The predicted octanol–water partition coefficient (Wildman–Crippen LogP) is 1.78. The highest BCUT2D eigenvalue weighted by Gasteiger charge is 2.36. The molecule has 2 aliphatic rings. The largest absolute Gasteiger partial charge is 0.454 e. The van der Waals surface area contributed by atoms with E-state index >= 15 is 0 Å². The number of carbonyl (C=O) groups excluding carboxylic acids is 2. The number of aliphatic hydroxyl groups excluding tert-OH is 1. The fraction of sp³-hybridized carbons (Fsp3) is 0.600. The Morgan fingerprint density at radius 3 is 2.74 bits per heavy atom. The fourth-order valence-electron chi connectivity index (χ4n) is 2.31. The standard InChI is InChI=1S/C15H20O4/c1-9-11(16)5-4-10-8-13(19-14(10)18)15(2,3)7-6-12(9)17/h6-9,11,13,16H,4-5H2,1-3H3/b7-6+/t9-,11-,13-/m0/s1. The molecular weight excluding hydrogens is 244 g/mol. The molecule has 1 aliphatic heterocycles. The Morgan fingerprint density at radius 1 is 1.37 bits per heavy atom. The molecule has 0 amide bonds. The van der Waals surface area contributed by atoms with Crippen molar-refractivity contribution in [1.82, 2.24) is 0 Å². The molecule has 4 heteroatoms. The number of ketones is 1. The summed E-state index contributed by atoms with van der Waals surface area (Å²) in [6.07, 6.45) is 4.86. The number of fused-ring (bicyclic) bond motifs is 1. The number of carbonyl (C=O) groups is 2. The lowest BCUT2D eigenvalue weighted by molar-refractivity contribution is -0.142. The van der Waals surface area contributed by atoms with Gasteiger partial charge in [0.2, 0.25) is 0 Å². The lowest BCUT2D eigenvalue weighted by atomic mass is 9.85. The minimum absolute atomic E-state index is 0.0883. The Kier molecular flexibility index (Phi) is 3.63. The van der Waals surface area contributed by atoms with Crippen molar-refractivity contribution in [3.05, 3.63) is 23.8 Å². The maximum atomic E-state index is 11.9. The van der Waals surface area contributed by atoms with Crippen LogP contribution in [-0.4, -0.2) is 29.1 Å². The van der Waals surface area contributed by atoms with Gasteiger partial charge in [0.1, 0.15) is 6.10 Å². The van der Waals surface area contributed by atoms with Crippen molar-refractivity contribution in [2.75, 3.05) is 0 Å². The molecule has 0 fully saturated rings. The van der Waals surface area contributed by atoms with Gasteiger partial charge in [0.05, 0.1) is 6.10 Å². The average Bonchev–Trinajstić information content (AvgIpc) is 2.73. The van der Waals surface area contributed by atoms with E-state index in [1.165, 1.54) is 6.08 Å². The zero-order chi connectivity index (χ0) is 14.2. The van der Waals surface area contributed by atoms with Crippen LogP contribution in [0.2, 0.25) is 0 Å². The molecule has 0 aromatic rings. The number of allylic oxidation sites excluding steroid dienone is 1. The number of esters is 1. The molecule has 1 heterocycles. The highest BCUT2D eigenvalue weighted by molar-refractivity contribution is 5.93. The van der Waals surface area contributed by atoms with E-state index in [1.54, 1.807) is 13.0 Å². The third-order valence-electron chi connectivity index (χ3n) is 3.99. The van der Waals surface area contributed by atoms with Crippen LogP contribution in [0.3, 0.4) is 0 Å². The topological polar surface area (TPSA) is 63.6 Å². The first-order valence-electron chi connectivity index (χ1n) is 6.64. The van der Waals surface area contributed by atoms with E-state index < -0.39 is 17.4 Å². The van der Waals surface area contributed by atoms with Gasteiger partial charge in [-0.3, -0.25) is 4.79 Å². The molecule has 1 N–H and O–H groups in total. The minimum atomic E-state index is -0.730. The Bertz CT molecular complexity index is 459. The van der Waals surface area contributed by atoms with Gasteiger partial charge >= 0.3 is 5.97 Å². The van der Waals surface area contributed by atoms with Gasteiger partial charge in [-0.2, -0.15) is 0 Å². The van der Waals surface area contributed by atoms with Gasteiger partial charge in [-0.25, -0.2) is 4.79 Å². The Hall–Kier alpha value is -1.42. The molecule has 19 heavy (non-hydrogen) atoms. The van der Waals surface area contributed by atoms with E-state index in [-0.39, 0.29) is 17.9 Å². The molecule has 1 aliphatic carbocycles. The fourth-order valence-corrected chi connectivity index (χ4v) is 2.31. The molecule has 104 valence electrons. The maximum Gasteiger partial charge on any atom is 0.334 e. The molecule has 0 radical (unpaired) electrons. The first-order chi connectivity index (χ1) is 8.81. The van der Waals surface area contributed by atoms with Crippen molar-refractivity contribution >= 4 is 11.8 Å². The zero-order valence-electron chi connectivity index (χ0n) is 11.6. The van der Waals surface area contributed by atoms with Crippen molar-refractivity contribution in [2.45, 2.75) is 45.8 Å². The molecule has 0 aromatic heterocycles. The van der Waals surface area contributed by atoms with Crippen LogP contribution in [0, 0.1) is 11.3 Å². The normalized spacial score (nSPS) is 36.2. The summed E-state index contributed by atoms with van der Waals surface area (Å²) in [7, 11) is 0. The second-order valence-electron chi connectivity index (χ2n) is 5.97. The molecule has 0 spiro atoms. The summed E-state index contributed by atoms with van der Waals surface area (Å²) in [5.74, 6) is -0.840. The van der Waals surface area contributed by atoms with E-state index in [9.17, 15) is 14.7 Å². The molecule has 4 nitrogen and oxygen atoms in total. The zero-order valence-corrected chi connectivity index (χ0v) is 11.6. The summed E-state index contributed by atoms with van der Waals surface area (Å²) >= 11 is 0. The summed E-state index contributed by atoms with van der Waals surface area (Å²) in [5, 5.41) is 9.97. The van der Waals surface area contributed by atoms with Gasteiger partial charge in [-0.05, 0) is 25.0 Å². The smallest absolute Gasteiger partial charge is 0.334 e. The molecule has 2 bridgehead atoms. The number of aliphatic hydroxyl groups is 1. The van der Waals surface area contributed by atoms with Crippen LogP contribution in [0.25, 0.3) is 0 Å². The average molecular weight is 264 g/mol. The van der Waals surface area contributed by atoms with Gasteiger partial charge < -0.3 is 9.84 Å². The summed E-state index contributed by atoms with van der Waals surface area (Å²) in [5.41, 5.74) is 0.175. The third-order valence-corrected chi connectivity index (χ3v) is 3.99. The number of ether oxygens (including phenoxy) is 1. The van der Waals surface area contributed by atoms with Crippen molar-refractivity contribution in [3.63, 3.8) is 0 Å². The quantitative estimate of drug-likeness (QED) is 0.677. The van der Waals surface area contributed by atoms with Crippen LogP contribution >= 0.6 is 0 Å². The van der Waals surface area contributed by atoms with Gasteiger partial charge in [-0.15, -0.1) is 0 Å². The maximum absolute atomic E-state index is 11.9. The molecule has 0 unspecified atom stereocenters. The van der Waals surface area contributed by atoms with Gasteiger partial charge in [0, 0.05) is 16.9 Å². The highest BCUT2D eigenvalue weighted by atomic mass is 16.5. The first kappa shape index (κ1) is 14.0. The van der Waals surface area contributed by atoms with Crippen LogP contribution in [0.5, 0.6) is 0 Å². The summed E-state index contributed by atoms with van der Waals surface area (Å²) in [6.45, 7) is 5.56. The van der Waals surface area contributed by atoms with Crippen LogP contribution in [0.4, 0.5) is 0 Å². The van der Waals surface area contributed by atoms with E-state index in [0.717, 1.165) is 0 Å². The SMILES string of the molecule is C[C@@H]1C(=O)/C=C/C(C)(C)[C@@H]2C=C(CC[C@@H]1O)C(=O)O2. The van der Waals surface area contributed by atoms with Crippen LogP contribution in [0.15, 0.2) is 23.8 Å². The molecular formula is C15H20O4. The number of hydrogen-bond acceptors (Lipinski definition) is 4. The van der Waals surface area contributed by atoms with E-state index in [4.69, 9.17) is 4.74 Å². The monoisotopic (exact) mass is 264 g/mol. The minimum Gasteiger partial charge on any atom is -0.454 e. The van der Waals surface area contributed by atoms with Gasteiger partial charge in [0.15, 0.2) is 5.78 Å². The lowest BCUT2D eigenvalue weighted by Crippen LogP contribution is -2.29. The molecule has 0 saturated carbocycles. The predicted molar refractivity (Wildman–Crippen MR) is 70.3 cm³/mol. The van der Waals surface area contributed by atoms with Crippen molar-refractivity contribution in [1.29, 1.82) is 0 Å². The third kappa shape index (κ3) is 2.78. The first-order valence-corrected chi connectivity index (χ1v) is 6.64. The molecule has 3 atom stereocenters. The highest BCUT2D eigenvalue weighted by Crippen LogP contribution is 2.34. The summed E-state index contributed by atoms with van der Waals surface area (Å²) in [6, 6.07) is 0. The van der Waals surface area contributed by atoms with Crippen molar-refractivity contribution < 1.29 is 19.4 Å². The summed E-state index contributed by atoms with van der Waals surface area (Å²) < 4.78 is 5.33. The van der Waals surface area contributed by atoms with Gasteiger partial charge in [0.25, 0.3) is 0 Å². The molecule has 0 saturated heterocycles.